The summed E-state index contributed by atoms with van der Waals surface area (Å²) in [7, 11) is 0. The fourth-order valence-electron chi connectivity index (χ4n) is 5.34. The number of aliphatic hydroxyl groups excluding tert-OH is 1. The topological polar surface area (TPSA) is 67.8 Å². The van der Waals surface area contributed by atoms with Gasteiger partial charge in [0.1, 0.15) is 12.0 Å². The van der Waals surface area contributed by atoms with Crippen LogP contribution in [0.3, 0.4) is 0 Å². The van der Waals surface area contributed by atoms with Crippen LogP contribution in [0.25, 0.3) is 17.2 Å². The normalized spacial score (nSPS) is 23.8. The molecule has 2 aromatic carbocycles. The van der Waals surface area contributed by atoms with Gasteiger partial charge in [0.15, 0.2) is 0 Å². The molecule has 152 valence electrons. The van der Waals surface area contributed by atoms with E-state index in [2.05, 4.69) is 56.3 Å². The largest absolute Gasteiger partial charge is 0.384 e. The SMILES string of the molecule is CC1(C)c2ccccc2-c2cc(/C=C3\C(O)c4ccccc4C3(C)C(C#N)C#N)sc21. The van der Waals surface area contributed by atoms with Gasteiger partial charge in [0.25, 0.3) is 0 Å². The standard InChI is InChI=1S/C27H22N2OS/c1-26(2)21-10-6-4-8-18(21)20-12-17(31-25(20)26)13-23-24(30)19-9-5-7-11-22(19)27(23,3)16(14-28)15-29/h4-13,16,24,30H,1-3H3/b23-13+. The van der Waals surface area contributed by atoms with Gasteiger partial charge in [-0.2, -0.15) is 10.5 Å². The highest BCUT2D eigenvalue weighted by Gasteiger charge is 2.50. The summed E-state index contributed by atoms with van der Waals surface area (Å²) >= 11 is 1.73. The second kappa shape index (κ2) is 6.66. The number of nitrogens with zero attached hydrogens (tertiary/aromatic N) is 2. The van der Waals surface area contributed by atoms with Crippen molar-refractivity contribution < 1.29 is 5.11 Å². The van der Waals surface area contributed by atoms with Gasteiger partial charge >= 0.3 is 0 Å². The Kier molecular flexibility index (Phi) is 4.25. The number of aliphatic hydroxyl groups is 1. The first-order chi connectivity index (χ1) is 14.8. The fourth-order valence-corrected chi connectivity index (χ4v) is 6.58. The van der Waals surface area contributed by atoms with Crippen molar-refractivity contribution in [2.45, 2.75) is 37.7 Å². The molecule has 2 aliphatic carbocycles. The van der Waals surface area contributed by atoms with E-state index in [4.69, 9.17) is 0 Å². The van der Waals surface area contributed by atoms with Crippen LogP contribution in [-0.4, -0.2) is 5.11 Å². The fraction of sp³-hybridized carbons (Fsp3) is 0.259. The van der Waals surface area contributed by atoms with Gasteiger partial charge in [-0.3, -0.25) is 0 Å². The molecule has 2 unspecified atom stereocenters. The molecule has 0 saturated heterocycles. The molecule has 2 atom stereocenters. The van der Waals surface area contributed by atoms with Crippen LogP contribution in [0.4, 0.5) is 0 Å². The lowest BCUT2D eigenvalue weighted by atomic mass is 9.71. The van der Waals surface area contributed by atoms with Crippen LogP contribution < -0.4 is 0 Å². The molecule has 0 fully saturated rings. The van der Waals surface area contributed by atoms with E-state index in [1.165, 1.54) is 21.6 Å². The van der Waals surface area contributed by atoms with Crippen molar-refractivity contribution >= 4 is 17.4 Å². The number of benzene rings is 2. The molecule has 0 saturated carbocycles. The van der Waals surface area contributed by atoms with E-state index >= 15 is 0 Å². The Balaban J connectivity index is 1.70. The monoisotopic (exact) mass is 422 g/mol. The van der Waals surface area contributed by atoms with Gasteiger partial charge in [0.2, 0.25) is 0 Å². The van der Waals surface area contributed by atoms with Crippen LogP contribution in [0.5, 0.6) is 0 Å². The Morgan fingerprint density at radius 1 is 0.968 bits per heavy atom. The predicted molar refractivity (Wildman–Crippen MR) is 123 cm³/mol. The van der Waals surface area contributed by atoms with E-state index in [1.54, 1.807) is 11.3 Å². The molecular weight excluding hydrogens is 400 g/mol. The third-order valence-corrected chi connectivity index (χ3v) is 8.46. The zero-order chi connectivity index (χ0) is 22.0. The number of nitriles is 2. The van der Waals surface area contributed by atoms with E-state index in [-0.39, 0.29) is 5.41 Å². The minimum atomic E-state index is -0.888. The lowest BCUT2D eigenvalue weighted by Gasteiger charge is -2.29. The summed E-state index contributed by atoms with van der Waals surface area (Å²) in [6.45, 7) is 6.40. The maximum atomic E-state index is 11.2. The first kappa shape index (κ1) is 19.8. The average Bonchev–Trinajstić information content (AvgIpc) is 3.36. The van der Waals surface area contributed by atoms with E-state index in [1.807, 2.05) is 37.3 Å². The van der Waals surface area contributed by atoms with E-state index in [9.17, 15) is 15.6 Å². The minimum Gasteiger partial charge on any atom is -0.384 e. The first-order valence-corrected chi connectivity index (χ1v) is 11.2. The summed E-state index contributed by atoms with van der Waals surface area (Å²) in [6.07, 6.45) is 1.18. The second-order valence-electron chi connectivity index (χ2n) is 9.05. The molecule has 0 spiro atoms. The van der Waals surface area contributed by atoms with Crippen molar-refractivity contribution in [2.75, 3.05) is 0 Å². The number of hydrogen-bond acceptors (Lipinski definition) is 4. The maximum Gasteiger partial charge on any atom is 0.146 e. The summed E-state index contributed by atoms with van der Waals surface area (Å²) in [5.74, 6) is -0.888. The molecule has 3 nitrogen and oxygen atoms in total. The number of fused-ring (bicyclic) bond motifs is 4. The van der Waals surface area contributed by atoms with Crippen molar-refractivity contribution in [1.29, 1.82) is 10.5 Å². The van der Waals surface area contributed by atoms with Crippen LogP contribution >= 0.6 is 11.3 Å². The van der Waals surface area contributed by atoms with E-state index in [0.717, 1.165) is 16.0 Å². The Morgan fingerprint density at radius 3 is 2.32 bits per heavy atom. The van der Waals surface area contributed by atoms with Crippen LogP contribution in [0, 0.1) is 28.6 Å². The van der Waals surface area contributed by atoms with Gasteiger partial charge in [-0.05, 0) is 52.5 Å². The average molecular weight is 423 g/mol. The molecule has 1 heterocycles. The lowest BCUT2D eigenvalue weighted by Crippen LogP contribution is -2.30. The van der Waals surface area contributed by atoms with Gasteiger partial charge in [-0.1, -0.05) is 62.4 Å². The minimum absolute atomic E-state index is 0.0737. The molecule has 5 rings (SSSR count). The number of thiophene rings is 1. The van der Waals surface area contributed by atoms with Crippen molar-refractivity contribution in [2.24, 2.45) is 5.92 Å². The van der Waals surface area contributed by atoms with Crippen molar-refractivity contribution in [3.63, 3.8) is 0 Å². The zero-order valence-electron chi connectivity index (χ0n) is 17.7. The summed E-state index contributed by atoms with van der Waals surface area (Å²) in [5.41, 5.74) is 5.25. The quantitative estimate of drug-likeness (QED) is 0.542. The maximum absolute atomic E-state index is 11.2. The number of rotatable bonds is 2. The second-order valence-corrected chi connectivity index (χ2v) is 10.1. The highest BCUT2D eigenvalue weighted by molar-refractivity contribution is 7.13. The summed E-state index contributed by atoms with van der Waals surface area (Å²) in [4.78, 5) is 2.35. The summed E-state index contributed by atoms with van der Waals surface area (Å²) in [6, 6.07) is 22.6. The van der Waals surface area contributed by atoms with Crippen LogP contribution in [-0.2, 0) is 10.8 Å². The molecule has 0 aliphatic heterocycles. The first-order valence-electron chi connectivity index (χ1n) is 10.4. The Bertz CT molecular complexity index is 1320. The van der Waals surface area contributed by atoms with Crippen molar-refractivity contribution in [1.82, 2.24) is 0 Å². The highest BCUT2D eigenvalue weighted by atomic mass is 32.1. The smallest absolute Gasteiger partial charge is 0.146 e. The molecule has 1 aromatic heterocycles. The van der Waals surface area contributed by atoms with Crippen molar-refractivity contribution in [3.8, 4) is 23.3 Å². The highest BCUT2D eigenvalue weighted by Crippen LogP contribution is 2.56. The Hall–Kier alpha value is -3.18. The van der Waals surface area contributed by atoms with E-state index < -0.39 is 17.4 Å². The molecule has 0 radical (unpaired) electrons. The van der Waals surface area contributed by atoms with Crippen LogP contribution in [0.1, 0.15) is 53.3 Å². The molecule has 0 amide bonds. The van der Waals surface area contributed by atoms with Gasteiger partial charge < -0.3 is 5.11 Å². The van der Waals surface area contributed by atoms with Gasteiger partial charge in [0.05, 0.1) is 12.1 Å². The van der Waals surface area contributed by atoms with Gasteiger partial charge in [-0.15, -0.1) is 11.3 Å². The Labute approximate surface area is 186 Å². The summed E-state index contributed by atoms with van der Waals surface area (Å²) in [5, 5.41) is 30.7. The lowest BCUT2D eigenvalue weighted by molar-refractivity contribution is 0.211. The molecule has 1 N–H and O–H groups in total. The molecule has 0 bridgehead atoms. The number of hydrogen-bond donors (Lipinski definition) is 1. The third-order valence-electron chi connectivity index (χ3n) is 7.05. The zero-order valence-corrected chi connectivity index (χ0v) is 18.5. The molecule has 4 heteroatoms. The third kappa shape index (κ3) is 2.53. The van der Waals surface area contributed by atoms with Gasteiger partial charge in [0, 0.05) is 20.6 Å². The Morgan fingerprint density at radius 2 is 1.61 bits per heavy atom. The van der Waals surface area contributed by atoms with Crippen LogP contribution in [0.15, 0.2) is 60.2 Å². The predicted octanol–water partition coefficient (Wildman–Crippen LogP) is 6.11. The molecule has 31 heavy (non-hydrogen) atoms. The van der Waals surface area contributed by atoms with E-state index in [0.29, 0.717) is 5.57 Å². The molecular formula is C27H22N2OS. The molecule has 3 aromatic rings. The van der Waals surface area contributed by atoms with Crippen LogP contribution in [0.2, 0.25) is 0 Å². The van der Waals surface area contributed by atoms with Crippen molar-refractivity contribution in [3.05, 3.63) is 86.6 Å². The van der Waals surface area contributed by atoms with Gasteiger partial charge in [-0.25, -0.2) is 0 Å². The summed E-state index contributed by atoms with van der Waals surface area (Å²) < 4.78 is 0. The molecule has 2 aliphatic rings.